The van der Waals surface area contributed by atoms with E-state index in [2.05, 4.69) is 5.32 Å². The van der Waals surface area contributed by atoms with Crippen molar-refractivity contribution in [1.82, 2.24) is 5.32 Å². The Morgan fingerprint density at radius 3 is 2.25 bits per heavy atom. The first kappa shape index (κ1) is 21.3. The van der Waals surface area contributed by atoms with Crippen LogP contribution in [-0.2, 0) is 16.0 Å². The largest absolute Gasteiger partial charge is 0.497 e. The summed E-state index contributed by atoms with van der Waals surface area (Å²) in [6.07, 6.45) is 2.03. The Hall–Kier alpha value is -3.90. The van der Waals surface area contributed by atoms with E-state index in [4.69, 9.17) is 16.3 Å². The molecular weight excluding hydrogens is 428 g/mol. The van der Waals surface area contributed by atoms with E-state index in [9.17, 15) is 14.4 Å². The third-order valence-electron chi connectivity index (χ3n) is 5.13. The van der Waals surface area contributed by atoms with Crippen molar-refractivity contribution in [2.45, 2.75) is 6.42 Å². The van der Waals surface area contributed by atoms with Crippen molar-refractivity contribution < 1.29 is 19.1 Å². The van der Waals surface area contributed by atoms with Gasteiger partial charge in [-0.2, -0.15) is 0 Å². The fraction of sp³-hybridized carbons (Fsp3) is 0.0800. The molecule has 1 saturated heterocycles. The number of methoxy groups -OCH3 is 1. The summed E-state index contributed by atoms with van der Waals surface area (Å²) >= 11 is 6.30. The molecule has 1 aliphatic rings. The summed E-state index contributed by atoms with van der Waals surface area (Å²) in [5.74, 6) is -0.854. The molecule has 0 aliphatic carbocycles. The van der Waals surface area contributed by atoms with Crippen LogP contribution < -0.4 is 15.0 Å². The maximum Gasteiger partial charge on any atom is 0.335 e. The number of hydrogen-bond acceptors (Lipinski definition) is 4. The highest BCUT2D eigenvalue weighted by Crippen LogP contribution is 2.26. The van der Waals surface area contributed by atoms with E-state index >= 15 is 0 Å². The molecule has 3 aromatic rings. The predicted molar refractivity (Wildman–Crippen MR) is 123 cm³/mol. The fourth-order valence-electron chi connectivity index (χ4n) is 3.46. The Balaban J connectivity index is 1.70. The Labute approximate surface area is 190 Å². The molecule has 0 unspecified atom stereocenters. The van der Waals surface area contributed by atoms with E-state index in [1.807, 2.05) is 48.5 Å². The van der Waals surface area contributed by atoms with Crippen LogP contribution in [0.15, 0.2) is 78.4 Å². The van der Waals surface area contributed by atoms with Crippen molar-refractivity contribution in [2.24, 2.45) is 0 Å². The van der Waals surface area contributed by atoms with Gasteiger partial charge in [-0.1, -0.05) is 54.1 Å². The maximum atomic E-state index is 13.2. The van der Waals surface area contributed by atoms with Gasteiger partial charge in [0.15, 0.2) is 0 Å². The highest BCUT2D eigenvalue weighted by molar-refractivity contribution is 6.39. The van der Waals surface area contributed by atoms with E-state index < -0.39 is 17.8 Å². The zero-order chi connectivity index (χ0) is 22.7. The second-order valence-corrected chi connectivity index (χ2v) is 7.53. The first-order valence-corrected chi connectivity index (χ1v) is 10.2. The Morgan fingerprint density at radius 1 is 0.906 bits per heavy atom. The molecular formula is C25H19ClN2O4. The minimum atomic E-state index is -0.799. The third kappa shape index (κ3) is 4.26. The number of nitrogens with one attached hydrogen (secondary N) is 1. The molecule has 6 nitrogen and oxygen atoms in total. The predicted octanol–water partition coefficient (Wildman–Crippen LogP) is 4.61. The molecule has 4 rings (SSSR count). The van der Waals surface area contributed by atoms with Gasteiger partial charge in [0.05, 0.1) is 12.8 Å². The zero-order valence-corrected chi connectivity index (χ0v) is 17.9. The maximum absolute atomic E-state index is 13.2. The molecule has 0 saturated carbocycles. The molecule has 32 heavy (non-hydrogen) atoms. The summed E-state index contributed by atoms with van der Waals surface area (Å²) in [7, 11) is 1.52. The Morgan fingerprint density at radius 2 is 1.56 bits per heavy atom. The van der Waals surface area contributed by atoms with Crippen LogP contribution in [0.3, 0.4) is 0 Å². The molecule has 7 heteroatoms. The van der Waals surface area contributed by atoms with E-state index in [0.717, 1.165) is 16.0 Å². The average Bonchev–Trinajstić information content (AvgIpc) is 2.79. The van der Waals surface area contributed by atoms with Gasteiger partial charge in [-0.05, 0) is 59.5 Å². The van der Waals surface area contributed by atoms with Gasteiger partial charge in [-0.3, -0.25) is 14.9 Å². The normalized spacial score (nSPS) is 15.1. The molecule has 4 amide bonds. The van der Waals surface area contributed by atoms with Gasteiger partial charge in [0, 0.05) is 5.02 Å². The second-order valence-electron chi connectivity index (χ2n) is 7.12. The molecule has 0 bridgehead atoms. The Bertz CT molecular complexity index is 1230. The third-order valence-corrected chi connectivity index (χ3v) is 5.49. The van der Waals surface area contributed by atoms with Crippen molar-refractivity contribution in [3.63, 3.8) is 0 Å². The van der Waals surface area contributed by atoms with E-state index in [1.54, 1.807) is 24.3 Å². The number of benzene rings is 3. The van der Waals surface area contributed by atoms with Crippen LogP contribution >= 0.6 is 11.6 Å². The van der Waals surface area contributed by atoms with Crippen LogP contribution in [0.4, 0.5) is 10.5 Å². The monoisotopic (exact) mass is 446 g/mol. The molecule has 0 aromatic heterocycles. The summed E-state index contributed by atoms with van der Waals surface area (Å²) < 4.78 is 5.12. The molecule has 1 aliphatic heterocycles. The highest BCUT2D eigenvalue weighted by atomic mass is 35.5. The lowest BCUT2D eigenvalue weighted by molar-refractivity contribution is -0.122. The quantitative estimate of drug-likeness (QED) is 0.459. The number of amides is 4. The van der Waals surface area contributed by atoms with Gasteiger partial charge in [-0.25, -0.2) is 9.69 Å². The van der Waals surface area contributed by atoms with Gasteiger partial charge in [0.1, 0.15) is 11.3 Å². The van der Waals surface area contributed by atoms with Crippen LogP contribution in [0.1, 0.15) is 16.7 Å². The minimum Gasteiger partial charge on any atom is -0.497 e. The van der Waals surface area contributed by atoms with Crippen LogP contribution in [0.25, 0.3) is 6.08 Å². The molecule has 0 spiro atoms. The van der Waals surface area contributed by atoms with Crippen LogP contribution in [0, 0.1) is 0 Å². The number of hydrogen-bond donors (Lipinski definition) is 1. The number of barbiturate groups is 1. The number of carbonyl (C=O) groups is 3. The van der Waals surface area contributed by atoms with Gasteiger partial charge in [-0.15, -0.1) is 0 Å². The number of rotatable bonds is 5. The number of urea groups is 1. The van der Waals surface area contributed by atoms with Crippen molar-refractivity contribution in [3.05, 3.63) is 100 Å². The van der Waals surface area contributed by atoms with E-state index in [0.29, 0.717) is 28.4 Å². The summed E-state index contributed by atoms with van der Waals surface area (Å²) in [4.78, 5) is 39.0. The smallest absolute Gasteiger partial charge is 0.335 e. The van der Waals surface area contributed by atoms with Gasteiger partial charge in [0.25, 0.3) is 11.8 Å². The molecule has 3 aromatic carbocycles. The molecule has 160 valence electrons. The van der Waals surface area contributed by atoms with Crippen LogP contribution in [0.2, 0.25) is 5.02 Å². The summed E-state index contributed by atoms with van der Waals surface area (Å²) in [6.45, 7) is 0. The molecule has 1 heterocycles. The van der Waals surface area contributed by atoms with Crippen LogP contribution in [-0.4, -0.2) is 25.0 Å². The Kier molecular flexibility index (Phi) is 6.05. The van der Waals surface area contributed by atoms with Crippen molar-refractivity contribution >= 4 is 41.2 Å². The number of imide groups is 2. The van der Waals surface area contributed by atoms with Gasteiger partial charge < -0.3 is 4.74 Å². The number of halogens is 1. The summed E-state index contributed by atoms with van der Waals surface area (Å²) in [6, 6.07) is 20.5. The zero-order valence-electron chi connectivity index (χ0n) is 17.2. The second kappa shape index (κ2) is 9.08. The summed E-state index contributed by atoms with van der Waals surface area (Å²) in [5.41, 5.74) is 2.70. The minimum absolute atomic E-state index is 0.132. The standard InChI is InChI=1S/C25H19ClN2O4/c1-32-20-12-10-19(11-13-20)28-24(30)21(23(29)27-25(28)31)15-17-7-3-2-6-16(17)14-18-8-4-5-9-22(18)26/h2-13,15H,14H2,1H3,(H,27,29,31)/b21-15+. The lowest BCUT2D eigenvalue weighted by Gasteiger charge is -2.26. The number of anilines is 1. The molecule has 0 atom stereocenters. The molecule has 1 N–H and O–H groups in total. The lowest BCUT2D eigenvalue weighted by Crippen LogP contribution is -2.54. The van der Waals surface area contributed by atoms with Gasteiger partial charge in [0.2, 0.25) is 0 Å². The number of nitrogens with zero attached hydrogens (tertiary/aromatic N) is 1. The molecule has 1 fully saturated rings. The van der Waals surface area contributed by atoms with E-state index in [1.165, 1.54) is 13.2 Å². The fourth-order valence-corrected chi connectivity index (χ4v) is 3.66. The topological polar surface area (TPSA) is 75.7 Å². The van der Waals surface area contributed by atoms with Crippen molar-refractivity contribution in [3.8, 4) is 5.75 Å². The number of ether oxygens (including phenoxy) is 1. The van der Waals surface area contributed by atoms with Gasteiger partial charge >= 0.3 is 6.03 Å². The number of carbonyl (C=O) groups excluding carboxylic acids is 3. The first-order chi connectivity index (χ1) is 15.5. The van der Waals surface area contributed by atoms with E-state index in [-0.39, 0.29) is 5.57 Å². The van der Waals surface area contributed by atoms with Crippen molar-refractivity contribution in [1.29, 1.82) is 0 Å². The van der Waals surface area contributed by atoms with Crippen molar-refractivity contribution in [2.75, 3.05) is 12.0 Å². The molecule has 0 radical (unpaired) electrons. The SMILES string of the molecule is COc1ccc(N2C(=O)NC(=O)/C(=C\c3ccccc3Cc3ccccc3Cl)C2=O)cc1. The average molecular weight is 447 g/mol. The first-order valence-electron chi connectivity index (χ1n) is 9.85. The lowest BCUT2D eigenvalue weighted by atomic mass is 9.97. The highest BCUT2D eigenvalue weighted by Gasteiger charge is 2.36. The summed E-state index contributed by atoms with van der Waals surface area (Å²) in [5, 5.41) is 2.88. The van der Waals surface area contributed by atoms with Crippen LogP contribution in [0.5, 0.6) is 5.75 Å².